The van der Waals surface area contributed by atoms with E-state index in [0.29, 0.717) is 25.3 Å². The maximum Gasteiger partial charge on any atom is 0.258 e. The molecule has 1 aliphatic heterocycles. The molecule has 0 aromatic heterocycles. The van der Waals surface area contributed by atoms with E-state index in [9.17, 15) is 4.79 Å². The highest BCUT2D eigenvalue weighted by Gasteiger charge is 2.42. The summed E-state index contributed by atoms with van der Waals surface area (Å²) in [6, 6.07) is 15.5. The maximum absolute atomic E-state index is 13.2. The van der Waals surface area contributed by atoms with Gasteiger partial charge in [0.05, 0.1) is 5.56 Å². The van der Waals surface area contributed by atoms with E-state index >= 15 is 0 Å². The minimum Gasteiger partial charge on any atom is -0.490 e. The number of nitrogens with zero attached hydrogens (tertiary/aromatic N) is 1. The maximum atomic E-state index is 13.2. The van der Waals surface area contributed by atoms with Crippen LogP contribution in [0, 0.1) is 0 Å². The van der Waals surface area contributed by atoms with Crippen molar-refractivity contribution in [3.05, 3.63) is 72.3 Å². The minimum atomic E-state index is -0.657. The zero-order valence-corrected chi connectivity index (χ0v) is 15.9. The van der Waals surface area contributed by atoms with Gasteiger partial charge in [-0.3, -0.25) is 4.79 Å². The molecule has 0 saturated carbocycles. The van der Waals surface area contributed by atoms with Crippen LogP contribution in [-0.2, 0) is 10.4 Å². The van der Waals surface area contributed by atoms with E-state index in [2.05, 4.69) is 11.9 Å². The quantitative estimate of drug-likeness (QED) is 0.566. The number of rotatable bonds is 8. The SMILES string of the molecule is C=CCOc1ccc(C2(C)Nc3ccccc3C(=O)N2CCCOC)cc1. The zero-order chi connectivity index (χ0) is 19.3. The second-order valence-corrected chi connectivity index (χ2v) is 6.67. The highest BCUT2D eigenvalue weighted by atomic mass is 16.5. The standard InChI is InChI=1S/C22H26N2O3/c1-4-15-27-18-12-10-17(11-13-18)22(2)23-20-9-6-5-8-19(20)21(25)24(22)14-7-16-26-3/h4-6,8-13,23H,1,7,14-16H2,2-3H3. The predicted octanol–water partition coefficient (Wildman–Crippen LogP) is 4.03. The number of amides is 1. The number of methoxy groups -OCH3 is 1. The van der Waals surface area contributed by atoms with Gasteiger partial charge in [-0.25, -0.2) is 0 Å². The van der Waals surface area contributed by atoms with Gasteiger partial charge in [0, 0.05) is 25.9 Å². The molecule has 1 amide bonds. The van der Waals surface area contributed by atoms with Gasteiger partial charge in [0.2, 0.25) is 0 Å². The van der Waals surface area contributed by atoms with Gasteiger partial charge in [0.25, 0.3) is 5.91 Å². The van der Waals surface area contributed by atoms with Crippen molar-refractivity contribution in [2.24, 2.45) is 0 Å². The molecule has 0 radical (unpaired) electrons. The molecule has 2 aromatic carbocycles. The molecule has 1 aliphatic rings. The summed E-state index contributed by atoms with van der Waals surface area (Å²) in [7, 11) is 1.67. The summed E-state index contributed by atoms with van der Waals surface area (Å²) in [5.74, 6) is 0.797. The van der Waals surface area contributed by atoms with Crippen molar-refractivity contribution in [3.63, 3.8) is 0 Å². The van der Waals surface area contributed by atoms with Crippen molar-refractivity contribution >= 4 is 11.6 Å². The summed E-state index contributed by atoms with van der Waals surface area (Å²) in [6.45, 7) is 7.36. The molecule has 3 rings (SSSR count). The van der Waals surface area contributed by atoms with Crippen molar-refractivity contribution < 1.29 is 14.3 Å². The summed E-state index contributed by atoms with van der Waals surface area (Å²) in [5, 5.41) is 3.57. The summed E-state index contributed by atoms with van der Waals surface area (Å²) < 4.78 is 10.8. The molecular formula is C22H26N2O3. The second-order valence-electron chi connectivity index (χ2n) is 6.67. The Morgan fingerprint density at radius 1 is 1.19 bits per heavy atom. The lowest BCUT2D eigenvalue weighted by Gasteiger charge is -2.47. The van der Waals surface area contributed by atoms with Gasteiger partial charge in [-0.15, -0.1) is 0 Å². The molecular weight excluding hydrogens is 340 g/mol. The largest absolute Gasteiger partial charge is 0.490 e. The molecule has 5 heteroatoms. The number of carbonyl (C=O) groups excluding carboxylic acids is 1. The lowest BCUT2D eigenvalue weighted by Crippen LogP contribution is -2.56. The molecule has 5 nitrogen and oxygen atoms in total. The Kier molecular flexibility index (Phi) is 5.81. The van der Waals surface area contributed by atoms with Crippen molar-refractivity contribution in [3.8, 4) is 5.75 Å². The van der Waals surface area contributed by atoms with Crippen LogP contribution in [-0.4, -0.2) is 37.7 Å². The first-order valence-corrected chi connectivity index (χ1v) is 9.12. The fraction of sp³-hybridized carbons (Fsp3) is 0.318. The summed E-state index contributed by atoms with van der Waals surface area (Å²) in [6.07, 6.45) is 2.48. The Hall–Kier alpha value is -2.79. The van der Waals surface area contributed by atoms with Crippen LogP contribution in [0.15, 0.2) is 61.2 Å². The highest BCUT2D eigenvalue weighted by Crippen LogP contribution is 2.38. The number of carbonyl (C=O) groups is 1. The van der Waals surface area contributed by atoms with Crippen LogP contribution in [0.5, 0.6) is 5.75 Å². The Morgan fingerprint density at radius 2 is 1.93 bits per heavy atom. The average molecular weight is 366 g/mol. The van der Waals surface area contributed by atoms with Crippen molar-refractivity contribution in [1.29, 1.82) is 0 Å². The first-order chi connectivity index (χ1) is 13.1. The summed E-state index contributed by atoms with van der Waals surface area (Å²) in [4.78, 5) is 15.1. The van der Waals surface area contributed by atoms with Gasteiger partial charge in [0.15, 0.2) is 0 Å². The monoisotopic (exact) mass is 366 g/mol. The lowest BCUT2D eigenvalue weighted by molar-refractivity contribution is 0.0504. The molecule has 0 spiro atoms. The van der Waals surface area contributed by atoms with E-state index in [0.717, 1.165) is 23.4 Å². The Labute approximate surface area is 160 Å². The number of hydrogen-bond donors (Lipinski definition) is 1. The van der Waals surface area contributed by atoms with Crippen LogP contribution < -0.4 is 10.1 Å². The third-order valence-corrected chi connectivity index (χ3v) is 4.83. The Balaban J connectivity index is 1.95. The fourth-order valence-electron chi connectivity index (χ4n) is 3.41. The van der Waals surface area contributed by atoms with E-state index in [1.54, 1.807) is 13.2 Å². The number of fused-ring (bicyclic) bond motifs is 1. The minimum absolute atomic E-state index is 0.0231. The molecule has 0 aliphatic carbocycles. The van der Waals surface area contributed by atoms with Gasteiger partial charge >= 0.3 is 0 Å². The lowest BCUT2D eigenvalue weighted by atomic mass is 9.93. The normalized spacial score (nSPS) is 18.6. The molecule has 1 N–H and O–H groups in total. The molecule has 2 aromatic rings. The van der Waals surface area contributed by atoms with E-state index in [1.165, 1.54) is 0 Å². The second kappa shape index (κ2) is 8.27. The number of benzene rings is 2. The highest BCUT2D eigenvalue weighted by molar-refractivity contribution is 6.02. The van der Waals surface area contributed by atoms with Crippen molar-refractivity contribution in [2.75, 3.05) is 32.2 Å². The van der Waals surface area contributed by atoms with Gasteiger partial charge in [0.1, 0.15) is 18.0 Å². The van der Waals surface area contributed by atoms with Crippen molar-refractivity contribution in [1.82, 2.24) is 4.90 Å². The van der Waals surface area contributed by atoms with Crippen LogP contribution in [0.2, 0.25) is 0 Å². The third kappa shape index (κ3) is 3.83. The molecule has 1 heterocycles. The fourth-order valence-corrected chi connectivity index (χ4v) is 3.41. The van der Waals surface area contributed by atoms with Crippen molar-refractivity contribution in [2.45, 2.75) is 19.0 Å². The Morgan fingerprint density at radius 3 is 2.63 bits per heavy atom. The van der Waals surface area contributed by atoms with Gasteiger partial charge < -0.3 is 19.7 Å². The van der Waals surface area contributed by atoms with E-state index in [-0.39, 0.29) is 5.91 Å². The first-order valence-electron chi connectivity index (χ1n) is 9.12. The first kappa shape index (κ1) is 19.0. The molecule has 0 bridgehead atoms. The van der Waals surface area contributed by atoms with Gasteiger partial charge in [-0.2, -0.15) is 0 Å². The van der Waals surface area contributed by atoms with Gasteiger partial charge in [-0.1, -0.05) is 36.9 Å². The topological polar surface area (TPSA) is 50.8 Å². The number of ether oxygens (including phenoxy) is 2. The van der Waals surface area contributed by atoms with Gasteiger partial charge in [-0.05, 0) is 43.2 Å². The van der Waals surface area contributed by atoms with Crippen LogP contribution in [0.1, 0.15) is 29.3 Å². The average Bonchev–Trinajstić information content (AvgIpc) is 2.69. The molecule has 27 heavy (non-hydrogen) atoms. The van der Waals surface area contributed by atoms with Crippen LogP contribution in [0.3, 0.4) is 0 Å². The van der Waals surface area contributed by atoms with Crippen LogP contribution >= 0.6 is 0 Å². The summed E-state index contributed by atoms with van der Waals surface area (Å²) >= 11 is 0. The number of hydrogen-bond acceptors (Lipinski definition) is 4. The molecule has 142 valence electrons. The summed E-state index contributed by atoms with van der Waals surface area (Å²) in [5.41, 5.74) is 1.88. The van der Waals surface area contributed by atoms with E-state index in [4.69, 9.17) is 9.47 Å². The predicted molar refractivity (Wildman–Crippen MR) is 107 cm³/mol. The van der Waals surface area contributed by atoms with E-state index < -0.39 is 5.66 Å². The molecule has 1 unspecified atom stereocenters. The molecule has 0 saturated heterocycles. The molecule has 1 atom stereocenters. The smallest absolute Gasteiger partial charge is 0.258 e. The van der Waals surface area contributed by atoms with Crippen LogP contribution in [0.25, 0.3) is 0 Å². The number of nitrogens with one attached hydrogen (secondary N) is 1. The van der Waals surface area contributed by atoms with E-state index in [1.807, 2.05) is 60.4 Å². The Bertz CT molecular complexity index is 803. The number of para-hydroxylation sites is 1. The number of anilines is 1. The molecule has 0 fully saturated rings. The van der Waals surface area contributed by atoms with Crippen LogP contribution in [0.4, 0.5) is 5.69 Å². The zero-order valence-electron chi connectivity index (χ0n) is 15.9. The third-order valence-electron chi connectivity index (χ3n) is 4.83.